The first-order chi connectivity index (χ1) is 15.6. The Morgan fingerprint density at radius 1 is 0.969 bits per heavy atom. The Bertz CT molecular complexity index is 1020. The van der Waals surface area contributed by atoms with E-state index in [4.69, 9.17) is 20.3 Å². The maximum Gasteiger partial charge on any atom is 0.248 e. The van der Waals surface area contributed by atoms with Crippen LogP contribution in [0.25, 0.3) is 0 Å². The van der Waals surface area contributed by atoms with Crippen LogP contribution in [0.5, 0.6) is 11.5 Å². The molecule has 7 heteroatoms. The van der Waals surface area contributed by atoms with Gasteiger partial charge in [-0.15, -0.1) is 0 Å². The summed E-state index contributed by atoms with van der Waals surface area (Å²) in [6.07, 6.45) is 0.929. The molecule has 0 spiro atoms. The van der Waals surface area contributed by atoms with Crippen LogP contribution in [-0.2, 0) is 4.79 Å². The van der Waals surface area contributed by atoms with Crippen LogP contribution in [0.2, 0.25) is 0 Å². The van der Waals surface area contributed by atoms with E-state index in [9.17, 15) is 9.90 Å². The Kier molecular flexibility index (Phi) is 8.25. The summed E-state index contributed by atoms with van der Waals surface area (Å²) in [5.74, 6) is 0.729. The van der Waals surface area contributed by atoms with Gasteiger partial charge in [-0.25, -0.2) is 0 Å². The minimum absolute atomic E-state index is 0.0845. The van der Waals surface area contributed by atoms with Gasteiger partial charge in [0.2, 0.25) is 5.91 Å². The topological polar surface area (TPSA) is 114 Å². The van der Waals surface area contributed by atoms with Gasteiger partial charge in [0.25, 0.3) is 0 Å². The standard InChI is InChI=1S/C25H26N2O5/c26-21-8-4-5-9-22(21)27-24(29)15-14-23(32-20-6-2-1-3-7-20)25(30)18-10-12-19(13-11-18)31-17-16-28/h1-15,23,25,28,30H,16-17,26H2,(H,27,29)/b15-14+/t23-,25-/m1/s1. The van der Waals surface area contributed by atoms with Crippen LogP contribution in [0.3, 0.4) is 0 Å². The molecule has 166 valence electrons. The van der Waals surface area contributed by atoms with Gasteiger partial charge in [-0.1, -0.05) is 42.5 Å². The second-order valence-corrected chi connectivity index (χ2v) is 6.92. The van der Waals surface area contributed by atoms with Crippen LogP contribution < -0.4 is 20.5 Å². The van der Waals surface area contributed by atoms with Gasteiger partial charge in [-0.05, 0) is 48.0 Å². The molecule has 2 atom stereocenters. The zero-order chi connectivity index (χ0) is 22.8. The molecular formula is C25H26N2O5. The van der Waals surface area contributed by atoms with Gasteiger partial charge in [0.1, 0.15) is 30.3 Å². The van der Waals surface area contributed by atoms with E-state index >= 15 is 0 Å². The zero-order valence-electron chi connectivity index (χ0n) is 17.4. The van der Waals surface area contributed by atoms with Crippen molar-refractivity contribution in [2.75, 3.05) is 24.3 Å². The quantitative estimate of drug-likeness (QED) is 0.288. The van der Waals surface area contributed by atoms with Crippen molar-refractivity contribution in [1.29, 1.82) is 0 Å². The molecule has 0 unspecified atom stereocenters. The van der Waals surface area contributed by atoms with E-state index in [0.717, 1.165) is 0 Å². The number of nitrogens with one attached hydrogen (secondary N) is 1. The normalized spacial score (nSPS) is 12.8. The zero-order valence-corrected chi connectivity index (χ0v) is 17.4. The molecule has 0 radical (unpaired) electrons. The molecule has 3 aromatic rings. The number of carbonyl (C=O) groups excluding carboxylic acids is 1. The van der Waals surface area contributed by atoms with Crippen molar-refractivity contribution in [3.8, 4) is 11.5 Å². The van der Waals surface area contributed by atoms with Crippen molar-refractivity contribution < 1.29 is 24.5 Å². The SMILES string of the molecule is Nc1ccccc1NC(=O)/C=C/[C@@H](Oc1ccccc1)[C@H](O)c1ccc(OCCO)cc1. The molecule has 0 saturated carbocycles. The lowest BCUT2D eigenvalue weighted by atomic mass is 10.0. The first-order valence-corrected chi connectivity index (χ1v) is 10.1. The highest BCUT2D eigenvalue weighted by Crippen LogP contribution is 2.25. The summed E-state index contributed by atoms with van der Waals surface area (Å²) in [5, 5.41) is 22.5. The third-order valence-electron chi connectivity index (χ3n) is 4.56. The predicted octanol–water partition coefficient (Wildman–Crippen LogP) is 3.32. The van der Waals surface area contributed by atoms with Gasteiger partial charge in [0, 0.05) is 6.08 Å². The summed E-state index contributed by atoms with van der Waals surface area (Å²) in [6.45, 7) is 0.101. The minimum Gasteiger partial charge on any atom is -0.491 e. The third kappa shape index (κ3) is 6.60. The second kappa shape index (κ2) is 11.5. The molecule has 0 bridgehead atoms. The average Bonchev–Trinajstić information content (AvgIpc) is 2.82. The summed E-state index contributed by atoms with van der Waals surface area (Å²) in [5.41, 5.74) is 7.40. The smallest absolute Gasteiger partial charge is 0.248 e. The molecular weight excluding hydrogens is 408 g/mol. The van der Waals surface area contributed by atoms with Crippen molar-refractivity contribution in [3.05, 3.63) is 96.6 Å². The highest BCUT2D eigenvalue weighted by atomic mass is 16.5. The largest absolute Gasteiger partial charge is 0.491 e. The van der Waals surface area contributed by atoms with E-state index in [1.807, 2.05) is 18.2 Å². The molecule has 1 amide bonds. The molecule has 3 aromatic carbocycles. The molecule has 3 rings (SSSR count). The predicted molar refractivity (Wildman–Crippen MR) is 123 cm³/mol. The molecule has 0 aromatic heterocycles. The number of hydrogen-bond acceptors (Lipinski definition) is 6. The first kappa shape index (κ1) is 22.9. The van der Waals surface area contributed by atoms with Gasteiger partial charge in [-0.2, -0.15) is 0 Å². The Balaban J connectivity index is 1.76. The summed E-state index contributed by atoms with van der Waals surface area (Å²) in [7, 11) is 0. The fourth-order valence-corrected chi connectivity index (χ4v) is 2.95. The molecule has 7 nitrogen and oxygen atoms in total. The third-order valence-corrected chi connectivity index (χ3v) is 4.56. The van der Waals surface area contributed by atoms with Gasteiger partial charge >= 0.3 is 0 Å². The number of nitrogen functional groups attached to an aromatic ring is 1. The number of hydrogen-bond donors (Lipinski definition) is 4. The number of benzene rings is 3. The van der Waals surface area contributed by atoms with Crippen molar-refractivity contribution in [2.45, 2.75) is 12.2 Å². The molecule has 32 heavy (non-hydrogen) atoms. The fraction of sp³-hybridized carbons (Fsp3) is 0.160. The Morgan fingerprint density at radius 3 is 2.34 bits per heavy atom. The van der Waals surface area contributed by atoms with E-state index in [-0.39, 0.29) is 13.2 Å². The Morgan fingerprint density at radius 2 is 1.66 bits per heavy atom. The number of aliphatic hydroxyl groups is 2. The Hall–Kier alpha value is -3.81. The summed E-state index contributed by atoms with van der Waals surface area (Å²) in [4.78, 5) is 12.4. The number of amides is 1. The van der Waals surface area contributed by atoms with E-state index in [1.54, 1.807) is 60.7 Å². The monoisotopic (exact) mass is 434 g/mol. The maximum atomic E-state index is 12.4. The van der Waals surface area contributed by atoms with E-state index in [0.29, 0.717) is 28.4 Å². The van der Waals surface area contributed by atoms with Crippen molar-refractivity contribution in [2.24, 2.45) is 0 Å². The maximum absolute atomic E-state index is 12.4. The number of rotatable bonds is 10. The molecule has 0 saturated heterocycles. The first-order valence-electron chi connectivity index (χ1n) is 10.1. The van der Waals surface area contributed by atoms with Gasteiger partial charge in [-0.3, -0.25) is 4.79 Å². The number of aliphatic hydroxyl groups excluding tert-OH is 2. The average molecular weight is 434 g/mol. The minimum atomic E-state index is -1.05. The molecule has 0 aliphatic rings. The highest BCUT2D eigenvalue weighted by Gasteiger charge is 2.21. The lowest BCUT2D eigenvalue weighted by Crippen LogP contribution is -2.24. The number of carbonyl (C=O) groups is 1. The number of ether oxygens (including phenoxy) is 2. The molecule has 0 aliphatic carbocycles. The van der Waals surface area contributed by atoms with Gasteiger partial charge < -0.3 is 30.7 Å². The highest BCUT2D eigenvalue weighted by molar-refractivity contribution is 6.01. The van der Waals surface area contributed by atoms with E-state index < -0.39 is 18.1 Å². The summed E-state index contributed by atoms with van der Waals surface area (Å²) < 4.78 is 11.3. The molecule has 0 heterocycles. The van der Waals surface area contributed by atoms with Crippen LogP contribution in [-0.4, -0.2) is 35.4 Å². The number of para-hydroxylation sites is 3. The lowest BCUT2D eigenvalue weighted by molar-refractivity contribution is -0.112. The van der Waals surface area contributed by atoms with Crippen LogP contribution >= 0.6 is 0 Å². The number of anilines is 2. The van der Waals surface area contributed by atoms with Crippen molar-refractivity contribution in [3.63, 3.8) is 0 Å². The number of nitrogens with two attached hydrogens (primary N) is 1. The summed E-state index contributed by atoms with van der Waals surface area (Å²) >= 11 is 0. The Labute approximate surface area is 186 Å². The van der Waals surface area contributed by atoms with Crippen LogP contribution in [0.1, 0.15) is 11.7 Å². The summed E-state index contributed by atoms with van der Waals surface area (Å²) in [6, 6.07) is 22.8. The molecule has 0 aliphatic heterocycles. The second-order valence-electron chi connectivity index (χ2n) is 6.92. The fourth-order valence-electron chi connectivity index (χ4n) is 2.95. The van der Waals surface area contributed by atoms with Gasteiger partial charge in [0.05, 0.1) is 18.0 Å². The van der Waals surface area contributed by atoms with Crippen LogP contribution in [0.15, 0.2) is 91.0 Å². The lowest BCUT2D eigenvalue weighted by Gasteiger charge is -2.22. The van der Waals surface area contributed by atoms with Crippen LogP contribution in [0.4, 0.5) is 11.4 Å². The van der Waals surface area contributed by atoms with E-state index in [1.165, 1.54) is 12.2 Å². The molecule has 5 N–H and O–H groups in total. The van der Waals surface area contributed by atoms with E-state index in [2.05, 4.69) is 5.32 Å². The van der Waals surface area contributed by atoms with Crippen LogP contribution in [0, 0.1) is 0 Å². The van der Waals surface area contributed by atoms with Gasteiger partial charge in [0.15, 0.2) is 0 Å². The van der Waals surface area contributed by atoms with Crippen molar-refractivity contribution >= 4 is 17.3 Å². The molecule has 0 fully saturated rings. The van der Waals surface area contributed by atoms with Crippen molar-refractivity contribution in [1.82, 2.24) is 0 Å².